The van der Waals surface area contributed by atoms with Crippen molar-refractivity contribution in [1.82, 2.24) is 15.5 Å². The van der Waals surface area contributed by atoms with Gasteiger partial charge in [0.15, 0.2) is 0 Å². The highest BCUT2D eigenvalue weighted by Gasteiger charge is 2.31. The topological polar surface area (TPSA) is 44.4 Å². The molecule has 0 aromatic rings. The third-order valence-electron chi connectivity index (χ3n) is 4.11. The normalized spacial score (nSPS) is 26.4. The molecule has 0 radical (unpaired) electrons. The molecule has 4 heteroatoms. The van der Waals surface area contributed by atoms with Gasteiger partial charge in [0, 0.05) is 25.2 Å². The van der Waals surface area contributed by atoms with E-state index in [1.54, 1.807) is 0 Å². The van der Waals surface area contributed by atoms with E-state index in [2.05, 4.69) is 29.4 Å². The standard InChI is InChI=1S/C15H31N3O/c1-6-13-10-18(9-8-14(13)16-7-2)12(5)15(19)17-11(3)4/h11-14,16H,6-10H2,1-5H3,(H,17,19). The van der Waals surface area contributed by atoms with Gasteiger partial charge < -0.3 is 10.6 Å². The molecule has 1 amide bonds. The SMILES string of the molecule is CCNC1CCN(C(C)C(=O)NC(C)C)CC1CC. The molecule has 1 heterocycles. The van der Waals surface area contributed by atoms with Crippen LogP contribution in [0, 0.1) is 5.92 Å². The van der Waals surface area contributed by atoms with Crippen LogP contribution in [0.3, 0.4) is 0 Å². The van der Waals surface area contributed by atoms with Gasteiger partial charge in [-0.2, -0.15) is 0 Å². The Morgan fingerprint density at radius 2 is 2.00 bits per heavy atom. The van der Waals surface area contributed by atoms with E-state index in [4.69, 9.17) is 0 Å². The van der Waals surface area contributed by atoms with Crippen molar-refractivity contribution in [2.45, 2.75) is 65.6 Å². The van der Waals surface area contributed by atoms with Crippen LogP contribution in [0.15, 0.2) is 0 Å². The number of nitrogens with one attached hydrogen (secondary N) is 2. The number of hydrogen-bond acceptors (Lipinski definition) is 3. The van der Waals surface area contributed by atoms with Gasteiger partial charge in [-0.25, -0.2) is 0 Å². The molecular weight excluding hydrogens is 238 g/mol. The van der Waals surface area contributed by atoms with Crippen molar-refractivity contribution in [2.24, 2.45) is 5.92 Å². The van der Waals surface area contributed by atoms with Crippen LogP contribution in [-0.4, -0.2) is 48.6 Å². The van der Waals surface area contributed by atoms with Crippen LogP contribution in [0.4, 0.5) is 0 Å². The zero-order valence-corrected chi connectivity index (χ0v) is 13.2. The van der Waals surface area contributed by atoms with Gasteiger partial charge in [-0.1, -0.05) is 20.3 Å². The molecule has 0 saturated carbocycles. The Kier molecular flexibility index (Phi) is 6.80. The van der Waals surface area contributed by atoms with Gasteiger partial charge in [-0.3, -0.25) is 9.69 Å². The quantitative estimate of drug-likeness (QED) is 0.770. The van der Waals surface area contributed by atoms with E-state index in [-0.39, 0.29) is 18.0 Å². The van der Waals surface area contributed by atoms with Crippen LogP contribution in [-0.2, 0) is 4.79 Å². The number of rotatable bonds is 6. The Morgan fingerprint density at radius 1 is 1.32 bits per heavy atom. The van der Waals surface area contributed by atoms with E-state index < -0.39 is 0 Å². The van der Waals surface area contributed by atoms with Gasteiger partial charge in [-0.15, -0.1) is 0 Å². The molecule has 0 spiro atoms. The second-order valence-electron chi connectivity index (χ2n) is 5.96. The molecule has 3 unspecified atom stereocenters. The van der Waals surface area contributed by atoms with Crippen molar-refractivity contribution in [2.75, 3.05) is 19.6 Å². The molecule has 0 bridgehead atoms. The highest BCUT2D eigenvalue weighted by atomic mass is 16.2. The van der Waals surface area contributed by atoms with Gasteiger partial charge in [0.1, 0.15) is 0 Å². The van der Waals surface area contributed by atoms with Crippen molar-refractivity contribution in [1.29, 1.82) is 0 Å². The molecule has 1 aliphatic rings. The third kappa shape index (κ3) is 4.77. The summed E-state index contributed by atoms with van der Waals surface area (Å²) in [5.74, 6) is 0.815. The van der Waals surface area contributed by atoms with Crippen LogP contribution in [0.1, 0.15) is 47.5 Å². The smallest absolute Gasteiger partial charge is 0.237 e. The van der Waals surface area contributed by atoms with Crippen molar-refractivity contribution in [3.8, 4) is 0 Å². The number of likely N-dealkylation sites (tertiary alicyclic amines) is 1. The van der Waals surface area contributed by atoms with Crippen molar-refractivity contribution >= 4 is 5.91 Å². The number of amides is 1. The first-order chi connectivity index (χ1) is 8.99. The fourth-order valence-corrected chi connectivity index (χ4v) is 2.93. The van der Waals surface area contributed by atoms with Crippen molar-refractivity contribution in [3.63, 3.8) is 0 Å². The number of carbonyl (C=O) groups is 1. The van der Waals surface area contributed by atoms with Crippen molar-refractivity contribution in [3.05, 3.63) is 0 Å². The zero-order chi connectivity index (χ0) is 14.4. The summed E-state index contributed by atoms with van der Waals surface area (Å²) >= 11 is 0. The van der Waals surface area contributed by atoms with E-state index >= 15 is 0 Å². The number of carbonyl (C=O) groups excluding carboxylic acids is 1. The van der Waals surface area contributed by atoms with Gasteiger partial charge in [0.05, 0.1) is 6.04 Å². The fraction of sp³-hybridized carbons (Fsp3) is 0.933. The van der Waals surface area contributed by atoms with Crippen LogP contribution < -0.4 is 10.6 Å². The number of hydrogen-bond donors (Lipinski definition) is 2. The lowest BCUT2D eigenvalue weighted by Gasteiger charge is -2.41. The maximum atomic E-state index is 12.1. The second kappa shape index (κ2) is 7.85. The number of nitrogens with zero attached hydrogens (tertiary/aromatic N) is 1. The maximum Gasteiger partial charge on any atom is 0.237 e. The lowest BCUT2D eigenvalue weighted by atomic mass is 9.89. The summed E-state index contributed by atoms with van der Waals surface area (Å²) in [6.45, 7) is 13.5. The Labute approximate surface area is 118 Å². The average molecular weight is 269 g/mol. The lowest BCUT2D eigenvalue weighted by molar-refractivity contribution is -0.127. The first kappa shape index (κ1) is 16.4. The number of piperidine rings is 1. The van der Waals surface area contributed by atoms with Crippen LogP contribution in [0.25, 0.3) is 0 Å². The Morgan fingerprint density at radius 3 is 2.53 bits per heavy atom. The minimum Gasteiger partial charge on any atom is -0.353 e. The first-order valence-electron chi connectivity index (χ1n) is 7.77. The molecule has 3 atom stereocenters. The maximum absolute atomic E-state index is 12.1. The summed E-state index contributed by atoms with van der Waals surface area (Å²) in [6, 6.07) is 0.821. The summed E-state index contributed by atoms with van der Waals surface area (Å²) < 4.78 is 0. The predicted molar refractivity (Wildman–Crippen MR) is 80.2 cm³/mol. The summed E-state index contributed by atoms with van der Waals surface area (Å²) in [7, 11) is 0. The Hall–Kier alpha value is -0.610. The molecule has 0 aromatic carbocycles. The minimum absolute atomic E-state index is 0.0148. The summed E-state index contributed by atoms with van der Waals surface area (Å²) in [5, 5.41) is 6.59. The molecule has 112 valence electrons. The van der Waals surface area contributed by atoms with Crippen LogP contribution in [0.2, 0.25) is 0 Å². The van der Waals surface area contributed by atoms with Gasteiger partial charge in [-0.05, 0) is 39.7 Å². The van der Waals surface area contributed by atoms with E-state index in [1.165, 1.54) is 6.42 Å². The fourth-order valence-electron chi connectivity index (χ4n) is 2.93. The zero-order valence-electron chi connectivity index (χ0n) is 13.2. The largest absolute Gasteiger partial charge is 0.353 e. The predicted octanol–water partition coefficient (Wildman–Crippen LogP) is 1.61. The van der Waals surface area contributed by atoms with Crippen LogP contribution >= 0.6 is 0 Å². The molecular formula is C15H31N3O. The summed E-state index contributed by atoms with van der Waals surface area (Å²) in [5.41, 5.74) is 0. The second-order valence-corrected chi connectivity index (χ2v) is 5.96. The molecule has 1 fully saturated rings. The van der Waals surface area contributed by atoms with E-state index in [9.17, 15) is 4.79 Å². The molecule has 0 aromatic heterocycles. The highest BCUT2D eigenvalue weighted by Crippen LogP contribution is 2.22. The molecule has 0 aliphatic carbocycles. The molecule has 19 heavy (non-hydrogen) atoms. The van der Waals surface area contributed by atoms with Gasteiger partial charge in [0.2, 0.25) is 5.91 Å². The third-order valence-corrected chi connectivity index (χ3v) is 4.11. The Bertz CT molecular complexity index is 281. The molecule has 1 rings (SSSR count). The molecule has 4 nitrogen and oxygen atoms in total. The van der Waals surface area contributed by atoms with Gasteiger partial charge >= 0.3 is 0 Å². The van der Waals surface area contributed by atoms with E-state index in [1.807, 2.05) is 20.8 Å². The van der Waals surface area contributed by atoms with Gasteiger partial charge in [0.25, 0.3) is 0 Å². The minimum atomic E-state index is -0.0148. The first-order valence-corrected chi connectivity index (χ1v) is 7.77. The Balaban J connectivity index is 2.54. The van der Waals surface area contributed by atoms with Crippen LogP contribution in [0.5, 0.6) is 0 Å². The van der Waals surface area contributed by atoms with Crippen molar-refractivity contribution < 1.29 is 4.79 Å². The monoisotopic (exact) mass is 269 g/mol. The summed E-state index contributed by atoms with van der Waals surface area (Å²) in [4.78, 5) is 14.4. The highest BCUT2D eigenvalue weighted by molar-refractivity contribution is 5.81. The molecule has 1 saturated heterocycles. The lowest BCUT2D eigenvalue weighted by Crippen LogP contribution is -2.55. The van der Waals surface area contributed by atoms with E-state index in [0.29, 0.717) is 12.0 Å². The molecule has 2 N–H and O–H groups in total. The molecule has 1 aliphatic heterocycles. The average Bonchev–Trinajstić information content (AvgIpc) is 2.37. The van der Waals surface area contributed by atoms with E-state index in [0.717, 1.165) is 26.1 Å². The summed E-state index contributed by atoms with van der Waals surface area (Å²) in [6.07, 6.45) is 2.32.